The molecule has 0 spiro atoms. The zero-order chi connectivity index (χ0) is 14.5. The number of hydrogen-bond donors (Lipinski definition) is 4. The summed E-state index contributed by atoms with van der Waals surface area (Å²) in [6.45, 7) is 4.29. The number of aromatic amines is 1. The van der Waals surface area contributed by atoms with Crippen molar-refractivity contribution in [2.45, 2.75) is 26.4 Å². The molecule has 0 aliphatic rings. The van der Waals surface area contributed by atoms with Crippen LogP contribution >= 0.6 is 0 Å². The van der Waals surface area contributed by atoms with Crippen LogP contribution in [-0.4, -0.2) is 28.8 Å². The maximum Gasteiger partial charge on any atom is 0.319 e. The summed E-state index contributed by atoms with van der Waals surface area (Å²) >= 11 is 0. The van der Waals surface area contributed by atoms with E-state index < -0.39 is 0 Å². The normalized spacial score (nSPS) is 13.9. The molecule has 5 nitrogen and oxygen atoms in total. The SMILES string of the molecule is C[C@@H](CNC(=O)Nc1cccc2[nH]ccc12)C[C@H](C)O. The van der Waals surface area contributed by atoms with Crippen molar-refractivity contribution in [3.63, 3.8) is 0 Å². The Morgan fingerprint density at radius 3 is 2.90 bits per heavy atom. The van der Waals surface area contributed by atoms with E-state index in [4.69, 9.17) is 0 Å². The van der Waals surface area contributed by atoms with Gasteiger partial charge in [-0.15, -0.1) is 0 Å². The predicted octanol–water partition coefficient (Wildman–Crippen LogP) is 2.70. The van der Waals surface area contributed by atoms with Crippen LogP contribution < -0.4 is 10.6 Å². The lowest BCUT2D eigenvalue weighted by Gasteiger charge is -2.15. The minimum atomic E-state index is -0.344. The average molecular weight is 275 g/mol. The maximum atomic E-state index is 11.9. The van der Waals surface area contributed by atoms with Gasteiger partial charge in [0.25, 0.3) is 0 Å². The van der Waals surface area contributed by atoms with Gasteiger partial charge in [-0.2, -0.15) is 0 Å². The van der Waals surface area contributed by atoms with Crippen molar-refractivity contribution in [1.29, 1.82) is 0 Å². The Morgan fingerprint density at radius 1 is 1.35 bits per heavy atom. The summed E-state index contributed by atoms with van der Waals surface area (Å²) in [6.07, 6.45) is 2.18. The van der Waals surface area contributed by atoms with Crippen molar-refractivity contribution in [3.05, 3.63) is 30.5 Å². The number of nitrogens with one attached hydrogen (secondary N) is 3. The first-order chi connectivity index (χ1) is 9.56. The Labute approximate surface area is 118 Å². The molecule has 0 aliphatic carbocycles. The van der Waals surface area contributed by atoms with Crippen molar-refractivity contribution < 1.29 is 9.90 Å². The van der Waals surface area contributed by atoms with E-state index in [1.807, 2.05) is 37.4 Å². The molecule has 2 aromatic rings. The van der Waals surface area contributed by atoms with Gasteiger partial charge in [0, 0.05) is 23.6 Å². The van der Waals surface area contributed by atoms with Crippen LogP contribution in [0.15, 0.2) is 30.5 Å². The zero-order valence-electron chi connectivity index (χ0n) is 11.8. The minimum Gasteiger partial charge on any atom is -0.393 e. The largest absolute Gasteiger partial charge is 0.393 e. The molecule has 1 aromatic heterocycles. The molecule has 0 saturated carbocycles. The molecule has 0 saturated heterocycles. The maximum absolute atomic E-state index is 11.9. The Morgan fingerprint density at radius 2 is 2.15 bits per heavy atom. The zero-order valence-corrected chi connectivity index (χ0v) is 11.8. The van der Waals surface area contributed by atoms with Gasteiger partial charge in [-0.1, -0.05) is 13.0 Å². The van der Waals surface area contributed by atoms with Crippen LogP contribution in [0.2, 0.25) is 0 Å². The van der Waals surface area contributed by atoms with Gasteiger partial charge >= 0.3 is 6.03 Å². The third-order valence-electron chi connectivity index (χ3n) is 3.20. The second-order valence-electron chi connectivity index (χ2n) is 5.27. The van der Waals surface area contributed by atoms with Crippen LogP contribution in [0.5, 0.6) is 0 Å². The monoisotopic (exact) mass is 275 g/mol. The minimum absolute atomic E-state index is 0.226. The Bertz CT molecular complexity index is 577. The standard InChI is InChI=1S/C15H21N3O2/c1-10(8-11(2)19)9-17-15(20)18-14-5-3-4-13-12(14)6-7-16-13/h3-7,10-11,16,19H,8-9H2,1-2H3,(H2,17,18,20)/t10-,11+/m1/s1. The van der Waals surface area contributed by atoms with Gasteiger partial charge in [0.05, 0.1) is 11.8 Å². The molecular weight excluding hydrogens is 254 g/mol. The lowest BCUT2D eigenvalue weighted by atomic mass is 10.1. The van der Waals surface area contributed by atoms with E-state index in [9.17, 15) is 9.90 Å². The van der Waals surface area contributed by atoms with E-state index in [0.717, 1.165) is 16.6 Å². The molecule has 20 heavy (non-hydrogen) atoms. The summed E-state index contributed by atoms with van der Waals surface area (Å²) in [5.74, 6) is 0.240. The number of hydrogen-bond acceptors (Lipinski definition) is 2. The molecule has 2 atom stereocenters. The molecule has 5 heteroatoms. The van der Waals surface area contributed by atoms with Gasteiger partial charge in [0.1, 0.15) is 0 Å². The van der Waals surface area contributed by atoms with Crippen LogP contribution in [0, 0.1) is 5.92 Å². The summed E-state index contributed by atoms with van der Waals surface area (Å²) in [4.78, 5) is 15.0. The molecule has 2 amide bonds. The number of benzene rings is 1. The van der Waals surface area contributed by atoms with Gasteiger partial charge < -0.3 is 20.7 Å². The molecule has 4 N–H and O–H groups in total. The lowest BCUT2D eigenvalue weighted by Crippen LogP contribution is -2.33. The first kappa shape index (κ1) is 14.4. The van der Waals surface area contributed by atoms with Crippen LogP contribution in [0.4, 0.5) is 10.5 Å². The van der Waals surface area contributed by atoms with E-state index >= 15 is 0 Å². The quantitative estimate of drug-likeness (QED) is 0.677. The fourth-order valence-electron chi connectivity index (χ4n) is 2.29. The van der Waals surface area contributed by atoms with Crippen LogP contribution in [-0.2, 0) is 0 Å². The number of amides is 2. The van der Waals surface area contributed by atoms with Crippen molar-refractivity contribution in [2.75, 3.05) is 11.9 Å². The number of aromatic nitrogens is 1. The fourth-order valence-corrected chi connectivity index (χ4v) is 2.29. The molecule has 1 heterocycles. The van der Waals surface area contributed by atoms with Gasteiger partial charge in [-0.05, 0) is 37.5 Å². The van der Waals surface area contributed by atoms with Gasteiger partial charge in [-0.25, -0.2) is 4.79 Å². The Hall–Kier alpha value is -2.01. The molecule has 1 aromatic carbocycles. The summed E-state index contributed by atoms with van der Waals surface area (Å²) in [5.41, 5.74) is 1.77. The number of anilines is 1. The summed E-state index contributed by atoms with van der Waals surface area (Å²) in [5, 5.41) is 15.9. The highest BCUT2D eigenvalue weighted by Crippen LogP contribution is 2.21. The number of carbonyl (C=O) groups is 1. The Balaban J connectivity index is 1.90. The van der Waals surface area contributed by atoms with E-state index in [1.165, 1.54) is 0 Å². The third kappa shape index (κ3) is 3.74. The molecule has 0 bridgehead atoms. The third-order valence-corrected chi connectivity index (χ3v) is 3.20. The van der Waals surface area contributed by atoms with Crippen molar-refractivity contribution in [3.8, 4) is 0 Å². The number of carbonyl (C=O) groups excluding carboxylic acids is 1. The molecule has 0 aliphatic heterocycles. The summed E-state index contributed by atoms with van der Waals surface area (Å²) in [7, 11) is 0. The van der Waals surface area contributed by atoms with Crippen molar-refractivity contribution >= 4 is 22.6 Å². The molecule has 108 valence electrons. The average Bonchev–Trinajstić information content (AvgIpc) is 2.85. The van der Waals surface area contributed by atoms with E-state index in [1.54, 1.807) is 6.92 Å². The lowest BCUT2D eigenvalue weighted by molar-refractivity contribution is 0.163. The van der Waals surface area contributed by atoms with Crippen LogP contribution in [0.3, 0.4) is 0 Å². The Kier molecular flexibility index (Phi) is 4.63. The van der Waals surface area contributed by atoms with E-state index in [-0.39, 0.29) is 18.1 Å². The molecule has 0 unspecified atom stereocenters. The number of H-pyrrole nitrogens is 1. The van der Waals surface area contributed by atoms with Gasteiger partial charge in [0.2, 0.25) is 0 Å². The van der Waals surface area contributed by atoms with E-state index in [2.05, 4.69) is 15.6 Å². The topological polar surface area (TPSA) is 77.2 Å². The van der Waals surface area contributed by atoms with Crippen LogP contribution in [0.25, 0.3) is 10.9 Å². The number of aliphatic hydroxyl groups is 1. The molecular formula is C15H21N3O2. The number of aliphatic hydroxyl groups excluding tert-OH is 1. The van der Waals surface area contributed by atoms with Crippen molar-refractivity contribution in [1.82, 2.24) is 10.3 Å². The van der Waals surface area contributed by atoms with Crippen LogP contribution in [0.1, 0.15) is 20.3 Å². The first-order valence-corrected chi connectivity index (χ1v) is 6.85. The van der Waals surface area contributed by atoms with E-state index in [0.29, 0.717) is 13.0 Å². The van der Waals surface area contributed by atoms with Crippen molar-refractivity contribution in [2.24, 2.45) is 5.92 Å². The summed E-state index contributed by atoms with van der Waals surface area (Å²) < 4.78 is 0. The molecule has 0 fully saturated rings. The predicted molar refractivity (Wildman–Crippen MR) is 80.8 cm³/mol. The molecule has 0 radical (unpaired) electrons. The summed E-state index contributed by atoms with van der Waals surface area (Å²) in [6, 6.07) is 7.43. The smallest absolute Gasteiger partial charge is 0.319 e. The first-order valence-electron chi connectivity index (χ1n) is 6.85. The molecule has 2 rings (SSSR count). The van der Waals surface area contributed by atoms with Gasteiger partial charge in [0.15, 0.2) is 0 Å². The highest BCUT2D eigenvalue weighted by atomic mass is 16.3. The highest BCUT2D eigenvalue weighted by Gasteiger charge is 2.09. The number of rotatable bonds is 5. The fraction of sp³-hybridized carbons (Fsp3) is 0.400. The number of fused-ring (bicyclic) bond motifs is 1. The number of urea groups is 1. The highest BCUT2D eigenvalue weighted by molar-refractivity contribution is 6.00. The van der Waals surface area contributed by atoms with Gasteiger partial charge in [-0.3, -0.25) is 0 Å². The second-order valence-corrected chi connectivity index (χ2v) is 5.27. The second kappa shape index (κ2) is 6.43.